The molecule has 138 valence electrons. The maximum Gasteiger partial charge on any atom is 0.417 e. The van der Waals surface area contributed by atoms with Crippen LogP contribution in [0.15, 0.2) is 41.0 Å². The normalized spacial score (nSPS) is 14.0. The number of halogens is 4. The van der Waals surface area contributed by atoms with Crippen LogP contribution in [0.2, 0.25) is 0 Å². The van der Waals surface area contributed by atoms with Gasteiger partial charge in [0, 0.05) is 22.8 Å². The average Bonchev–Trinajstić information content (AvgIpc) is 3.07. The quantitative estimate of drug-likeness (QED) is 0.665. The molecule has 3 heterocycles. The molecule has 0 atom stereocenters. The van der Waals surface area contributed by atoms with Crippen LogP contribution in [0.3, 0.4) is 0 Å². The predicted molar refractivity (Wildman–Crippen MR) is 93.7 cm³/mol. The molecule has 0 radical (unpaired) electrons. The molecule has 0 bridgehead atoms. The standard InChI is InChI=1S/C17H11BrF3N5O/c18-11-2-1-9(7-10(11)17(19,20)21)15-22-4-3-12(24-15)13-8-14-16(27)23-5-6-26(14)25-13/h1-4,7-8H,5-6H2,(H,23,27). The largest absolute Gasteiger partial charge is 0.417 e. The number of rotatable bonds is 2. The molecule has 0 saturated carbocycles. The molecule has 0 spiro atoms. The van der Waals surface area contributed by atoms with Crippen molar-refractivity contribution < 1.29 is 18.0 Å². The number of carbonyl (C=O) groups excluding carboxylic acids is 1. The van der Waals surface area contributed by atoms with Gasteiger partial charge in [-0.25, -0.2) is 9.97 Å². The van der Waals surface area contributed by atoms with E-state index in [9.17, 15) is 18.0 Å². The SMILES string of the molecule is O=C1NCCn2nc(-c3ccnc(-c4ccc(Br)c(C(F)(F)F)c4)n3)cc21. The first-order valence-corrected chi connectivity index (χ1v) is 8.69. The number of benzene rings is 1. The highest BCUT2D eigenvalue weighted by molar-refractivity contribution is 9.10. The van der Waals surface area contributed by atoms with Crippen molar-refractivity contribution in [1.29, 1.82) is 0 Å². The summed E-state index contributed by atoms with van der Waals surface area (Å²) in [6, 6.07) is 7.01. The first-order chi connectivity index (χ1) is 12.8. The summed E-state index contributed by atoms with van der Waals surface area (Å²) in [6.07, 6.45) is -3.05. The summed E-state index contributed by atoms with van der Waals surface area (Å²) in [5.74, 6) is -0.0852. The molecular formula is C17H11BrF3N5O. The topological polar surface area (TPSA) is 72.7 Å². The van der Waals surface area contributed by atoms with E-state index in [1.54, 1.807) is 16.8 Å². The fourth-order valence-corrected chi connectivity index (χ4v) is 3.25. The predicted octanol–water partition coefficient (Wildman–Crippen LogP) is 3.53. The van der Waals surface area contributed by atoms with Gasteiger partial charge < -0.3 is 5.32 Å². The first-order valence-electron chi connectivity index (χ1n) is 7.89. The molecule has 2 aromatic heterocycles. The zero-order valence-electron chi connectivity index (χ0n) is 13.6. The van der Waals surface area contributed by atoms with Gasteiger partial charge in [0.1, 0.15) is 11.4 Å². The molecule has 27 heavy (non-hydrogen) atoms. The number of carbonyl (C=O) groups is 1. The van der Waals surface area contributed by atoms with Crippen molar-refractivity contribution in [2.24, 2.45) is 0 Å². The van der Waals surface area contributed by atoms with Gasteiger partial charge in [-0.3, -0.25) is 9.48 Å². The lowest BCUT2D eigenvalue weighted by molar-refractivity contribution is -0.138. The smallest absolute Gasteiger partial charge is 0.349 e. The van der Waals surface area contributed by atoms with E-state index in [1.807, 2.05) is 0 Å². The van der Waals surface area contributed by atoms with Crippen LogP contribution < -0.4 is 5.32 Å². The minimum atomic E-state index is -4.50. The molecule has 1 aromatic carbocycles. The van der Waals surface area contributed by atoms with E-state index >= 15 is 0 Å². The Balaban J connectivity index is 1.75. The van der Waals surface area contributed by atoms with Gasteiger partial charge in [-0.15, -0.1) is 0 Å². The van der Waals surface area contributed by atoms with Gasteiger partial charge in [0.25, 0.3) is 5.91 Å². The summed E-state index contributed by atoms with van der Waals surface area (Å²) < 4.78 is 40.9. The Morgan fingerprint density at radius 1 is 1.15 bits per heavy atom. The Morgan fingerprint density at radius 3 is 2.70 bits per heavy atom. The third-order valence-corrected chi connectivity index (χ3v) is 4.76. The van der Waals surface area contributed by atoms with Crippen LogP contribution in [0.25, 0.3) is 22.8 Å². The second kappa shape index (κ2) is 6.45. The second-order valence-corrected chi connectivity index (χ2v) is 6.71. The van der Waals surface area contributed by atoms with E-state index in [0.29, 0.717) is 30.2 Å². The van der Waals surface area contributed by atoms with Crippen molar-refractivity contribution in [2.45, 2.75) is 12.7 Å². The van der Waals surface area contributed by atoms with Crippen LogP contribution in [-0.4, -0.2) is 32.2 Å². The summed E-state index contributed by atoms with van der Waals surface area (Å²) in [6.45, 7) is 1.03. The van der Waals surface area contributed by atoms with Crippen molar-refractivity contribution in [3.63, 3.8) is 0 Å². The van der Waals surface area contributed by atoms with Crippen molar-refractivity contribution in [1.82, 2.24) is 25.1 Å². The number of nitrogens with zero attached hydrogens (tertiary/aromatic N) is 4. The summed E-state index contributed by atoms with van der Waals surface area (Å²) in [5, 5.41) is 7.08. The fourth-order valence-electron chi connectivity index (χ4n) is 2.78. The number of fused-ring (bicyclic) bond motifs is 1. The highest BCUT2D eigenvalue weighted by Gasteiger charge is 2.33. The number of hydrogen-bond acceptors (Lipinski definition) is 4. The first kappa shape index (κ1) is 17.7. The molecule has 3 aromatic rings. The number of amides is 1. The van der Waals surface area contributed by atoms with E-state index in [0.717, 1.165) is 6.07 Å². The van der Waals surface area contributed by atoms with Gasteiger partial charge in [0.05, 0.1) is 17.8 Å². The summed E-state index contributed by atoms with van der Waals surface area (Å²) >= 11 is 2.92. The number of hydrogen-bond donors (Lipinski definition) is 1. The van der Waals surface area contributed by atoms with Crippen LogP contribution in [0, 0.1) is 0 Å². The molecular weight excluding hydrogens is 427 g/mol. The lowest BCUT2D eigenvalue weighted by Crippen LogP contribution is -2.35. The Kier molecular flexibility index (Phi) is 4.22. The zero-order chi connectivity index (χ0) is 19.2. The Hall–Kier alpha value is -2.75. The van der Waals surface area contributed by atoms with E-state index in [4.69, 9.17) is 0 Å². The molecule has 1 N–H and O–H groups in total. The van der Waals surface area contributed by atoms with Gasteiger partial charge >= 0.3 is 6.18 Å². The lowest BCUT2D eigenvalue weighted by Gasteiger charge is -2.13. The van der Waals surface area contributed by atoms with Gasteiger partial charge in [0.2, 0.25) is 0 Å². The maximum atomic E-state index is 13.1. The third kappa shape index (κ3) is 3.32. The maximum absolute atomic E-state index is 13.1. The zero-order valence-corrected chi connectivity index (χ0v) is 15.2. The highest BCUT2D eigenvalue weighted by atomic mass is 79.9. The molecule has 0 aliphatic carbocycles. The molecule has 4 rings (SSSR count). The van der Waals surface area contributed by atoms with E-state index < -0.39 is 11.7 Å². The Bertz CT molecular complexity index is 1050. The average molecular weight is 438 g/mol. The summed E-state index contributed by atoms with van der Waals surface area (Å²) in [7, 11) is 0. The Morgan fingerprint density at radius 2 is 1.96 bits per heavy atom. The third-order valence-electron chi connectivity index (χ3n) is 4.07. The van der Waals surface area contributed by atoms with Crippen LogP contribution in [0.5, 0.6) is 0 Å². The molecule has 10 heteroatoms. The minimum absolute atomic E-state index is 0.0531. The van der Waals surface area contributed by atoms with Crippen LogP contribution in [-0.2, 0) is 12.7 Å². The Labute approximate surface area is 159 Å². The fraction of sp³-hybridized carbons (Fsp3) is 0.176. The molecule has 0 unspecified atom stereocenters. The monoisotopic (exact) mass is 437 g/mol. The van der Waals surface area contributed by atoms with Crippen LogP contribution in [0.4, 0.5) is 13.2 Å². The van der Waals surface area contributed by atoms with E-state index in [2.05, 4.69) is 36.3 Å². The van der Waals surface area contributed by atoms with Gasteiger partial charge in [0.15, 0.2) is 5.82 Å². The van der Waals surface area contributed by atoms with Crippen molar-refractivity contribution in [3.05, 3.63) is 52.3 Å². The molecule has 1 amide bonds. The van der Waals surface area contributed by atoms with Crippen LogP contribution in [0.1, 0.15) is 16.1 Å². The molecule has 6 nitrogen and oxygen atoms in total. The van der Waals surface area contributed by atoms with Crippen molar-refractivity contribution in [3.8, 4) is 22.8 Å². The highest BCUT2D eigenvalue weighted by Crippen LogP contribution is 2.37. The van der Waals surface area contributed by atoms with Crippen molar-refractivity contribution in [2.75, 3.05) is 6.54 Å². The molecule has 1 aliphatic rings. The van der Waals surface area contributed by atoms with Gasteiger partial charge in [-0.2, -0.15) is 18.3 Å². The molecule has 0 saturated heterocycles. The molecule has 0 fully saturated rings. The van der Waals surface area contributed by atoms with Gasteiger partial charge in [-0.05, 0) is 24.3 Å². The van der Waals surface area contributed by atoms with E-state index in [-0.39, 0.29) is 21.8 Å². The van der Waals surface area contributed by atoms with E-state index in [1.165, 1.54) is 18.3 Å². The lowest BCUT2D eigenvalue weighted by atomic mass is 10.1. The number of alkyl halides is 3. The second-order valence-electron chi connectivity index (χ2n) is 5.85. The van der Waals surface area contributed by atoms with Crippen molar-refractivity contribution >= 4 is 21.8 Å². The molecule has 1 aliphatic heterocycles. The minimum Gasteiger partial charge on any atom is -0.349 e. The number of aromatic nitrogens is 4. The summed E-state index contributed by atoms with van der Waals surface area (Å²) in [5.41, 5.74) is 0.724. The van der Waals surface area contributed by atoms with Crippen LogP contribution >= 0.6 is 15.9 Å². The van der Waals surface area contributed by atoms with Gasteiger partial charge in [-0.1, -0.05) is 22.0 Å². The summed E-state index contributed by atoms with van der Waals surface area (Å²) in [4.78, 5) is 20.3. The number of nitrogens with one attached hydrogen (secondary N) is 1.